The molecule has 1 nitrogen and oxygen atoms in total. The van der Waals surface area contributed by atoms with Gasteiger partial charge in [0.15, 0.2) is 5.78 Å². The van der Waals surface area contributed by atoms with E-state index in [1.165, 1.54) is 0 Å². The van der Waals surface area contributed by atoms with E-state index in [1.54, 1.807) is 6.08 Å². The molecule has 0 aliphatic heterocycles. The van der Waals surface area contributed by atoms with E-state index < -0.39 is 0 Å². The molecule has 0 saturated carbocycles. The van der Waals surface area contributed by atoms with Gasteiger partial charge in [0.1, 0.15) is 0 Å². The van der Waals surface area contributed by atoms with Gasteiger partial charge >= 0.3 is 0 Å². The first-order chi connectivity index (χ1) is 4.72. The van der Waals surface area contributed by atoms with Crippen LogP contribution in [0.4, 0.5) is 0 Å². The lowest BCUT2D eigenvalue weighted by atomic mass is 9.82. The topological polar surface area (TPSA) is 17.1 Å². The molecule has 0 fully saturated rings. The second-order valence-electron chi connectivity index (χ2n) is 3.05. The van der Waals surface area contributed by atoms with Crippen molar-refractivity contribution in [3.05, 3.63) is 12.2 Å². The number of rotatable bonds is 2. The molecule has 0 radical (unpaired) electrons. The van der Waals surface area contributed by atoms with Crippen LogP contribution in [-0.4, -0.2) is 5.78 Å². The lowest BCUT2D eigenvalue weighted by molar-refractivity contribution is -0.115. The summed E-state index contributed by atoms with van der Waals surface area (Å²) < 4.78 is 0. The quantitative estimate of drug-likeness (QED) is 0.572. The van der Waals surface area contributed by atoms with E-state index in [-0.39, 0.29) is 5.41 Å². The van der Waals surface area contributed by atoms with Gasteiger partial charge in [0.25, 0.3) is 0 Å². The molecule has 0 saturated heterocycles. The van der Waals surface area contributed by atoms with E-state index in [1.807, 2.05) is 0 Å². The van der Waals surface area contributed by atoms with E-state index >= 15 is 0 Å². The molecular weight excluding hydrogens is 124 g/mol. The largest absolute Gasteiger partial charge is 0.295 e. The van der Waals surface area contributed by atoms with Gasteiger partial charge in [0.05, 0.1) is 0 Å². The normalized spacial score (nSPS) is 22.0. The zero-order valence-electron chi connectivity index (χ0n) is 6.68. The third-order valence-corrected chi connectivity index (χ3v) is 2.56. The summed E-state index contributed by atoms with van der Waals surface area (Å²) in [7, 11) is 0. The van der Waals surface area contributed by atoms with Gasteiger partial charge in [-0.15, -0.1) is 0 Å². The SMILES string of the molecule is CCC1(CC)C=CC(=O)C1. The minimum absolute atomic E-state index is 0.219. The summed E-state index contributed by atoms with van der Waals surface area (Å²) in [5.41, 5.74) is 0.219. The Bertz CT molecular complexity index is 164. The third-order valence-electron chi connectivity index (χ3n) is 2.56. The fraction of sp³-hybridized carbons (Fsp3) is 0.667. The highest BCUT2D eigenvalue weighted by atomic mass is 16.1. The Hall–Kier alpha value is -0.590. The third kappa shape index (κ3) is 1.13. The molecule has 0 aromatic rings. The molecule has 0 unspecified atom stereocenters. The molecule has 0 N–H and O–H groups in total. The molecule has 0 heterocycles. The number of hydrogen-bond acceptors (Lipinski definition) is 1. The first-order valence-corrected chi connectivity index (χ1v) is 3.94. The predicted octanol–water partition coefficient (Wildman–Crippen LogP) is 2.32. The van der Waals surface area contributed by atoms with Crippen molar-refractivity contribution in [3.8, 4) is 0 Å². The van der Waals surface area contributed by atoms with Crippen LogP contribution >= 0.6 is 0 Å². The Morgan fingerprint density at radius 1 is 1.50 bits per heavy atom. The smallest absolute Gasteiger partial charge is 0.156 e. The van der Waals surface area contributed by atoms with Crippen molar-refractivity contribution in [1.82, 2.24) is 0 Å². The molecule has 10 heavy (non-hydrogen) atoms. The van der Waals surface area contributed by atoms with Crippen molar-refractivity contribution in [2.45, 2.75) is 33.1 Å². The molecule has 56 valence electrons. The number of carbonyl (C=O) groups is 1. The zero-order chi connectivity index (χ0) is 7.61. The lowest BCUT2D eigenvalue weighted by Crippen LogP contribution is -2.13. The average molecular weight is 138 g/mol. The highest BCUT2D eigenvalue weighted by Crippen LogP contribution is 2.36. The van der Waals surface area contributed by atoms with E-state index in [2.05, 4.69) is 19.9 Å². The molecular formula is C9H14O. The predicted molar refractivity (Wildman–Crippen MR) is 41.8 cm³/mol. The molecule has 0 spiro atoms. The standard InChI is InChI=1S/C9H14O/c1-3-9(4-2)6-5-8(10)7-9/h5-6H,3-4,7H2,1-2H3. The fourth-order valence-corrected chi connectivity index (χ4v) is 1.47. The molecule has 0 amide bonds. The van der Waals surface area contributed by atoms with Gasteiger partial charge < -0.3 is 0 Å². The van der Waals surface area contributed by atoms with Crippen LogP contribution in [0.1, 0.15) is 33.1 Å². The summed E-state index contributed by atoms with van der Waals surface area (Å²) in [6.45, 7) is 4.29. The van der Waals surface area contributed by atoms with E-state index in [9.17, 15) is 4.79 Å². The van der Waals surface area contributed by atoms with E-state index in [0.717, 1.165) is 19.3 Å². The van der Waals surface area contributed by atoms with Crippen molar-refractivity contribution in [3.63, 3.8) is 0 Å². The Morgan fingerprint density at radius 3 is 2.30 bits per heavy atom. The summed E-state index contributed by atoms with van der Waals surface area (Å²) in [5.74, 6) is 0.295. The lowest BCUT2D eigenvalue weighted by Gasteiger charge is -2.21. The highest BCUT2D eigenvalue weighted by molar-refractivity contribution is 5.93. The van der Waals surface area contributed by atoms with Crippen LogP contribution in [0.2, 0.25) is 0 Å². The minimum atomic E-state index is 0.219. The summed E-state index contributed by atoms with van der Waals surface area (Å²) in [4.78, 5) is 10.9. The van der Waals surface area contributed by atoms with Crippen LogP contribution in [0, 0.1) is 5.41 Å². The van der Waals surface area contributed by atoms with Crippen LogP contribution in [0.15, 0.2) is 12.2 Å². The van der Waals surface area contributed by atoms with Gasteiger partial charge in [-0.1, -0.05) is 19.9 Å². The summed E-state index contributed by atoms with van der Waals surface area (Å²) >= 11 is 0. The Kier molecular flexibility index (Phi) is 1.93. The highest BCUT2D eigenvalue weighted by Gasteiger charge is 2.29. The van der Waals surface area contributed by atoms with Crippen LogP contribution in [-0.2, 0) is 4.79 Å². The van der Waals surface area contributed by atoms with Crippen molar-refractivity contribution < 1.29 is 4.79 Å². The van der Waals surface area contributed by atoms with Crippen molar-refractivity contribution in [2.24, 2.45) is 5.41 Å². The van der Waals surface area contributed by atoms with Crippen molar-refractivity contribution in [2.75, 3.05) is 0 Å². The number of allylic oxidation sites excluding steroid dienone is 2. The van der Waals surface area contributed by atoms with E-state index in [4.69, 9.17) is 0 Å². The molecule has 1 rings (SSSR count). The Balaban J connectivity index is 2.70. The van der Waals surface area contributed by atoms with E-state index in [0.29, 0.717) is 5.78 Å². The van der Waals surface area contributed by atoms with Crippen molar-refractivity contribution >= 4 is 5.78 Å². The van der Waals surface area contributed by atoms with Crippen molar-refractivity contribution in [1.29, 1.82) is 0 Å². The van der Waals surface area contributed by atoms with Crippen LogP contribution in [0.3, 0.4) is 0 Å². The Labute approximate surface area is 62.1 Å². The first kappa shape index (κ1) is 7.52. The minimum Gasteiger partial charge on any atom is -0.295 e. The summed E-state index contributed by atoms with van der Waals surface area (Å²) in [6.07, 6.45) is 6.72. The maximum atomic E-state index is 10.9. The number of ketones is 1. The van der Waals surface area contributed by atoms with Crippen LogP contribution < -0.4 is 0 Å². The first-order valence-electron chi connectivity index (χ1n) is 3.94. The molecule has 0 aromatic carbocycles. The second-order valence-corrected chi connectivity index (χ2v) is 3.05. The van der Waals surface area contributed by atoms with Crippen LogP contribution in [0.5, 0.6) is 0 Å². The van der Waals surface area contributed by atoms with Gasteiger partial charge in [0.2, 0.25) is 0 Å². The van der Waals surface area contributed by atoms with Gasteiger partial charge in [-0.2, -0.15) is 0 Å². The maximum absolute atomic E-state index is 10.9. The Morgan fingerprint density at radius 2 is 2.10 bits per heavy atom. The molecule has 1 aliphatic rings. The number of carbonyl (C=O) groups excluding carboxylic acids is 1. The molecule has 1 aliphatic carbocycles. The molecule has 0 atom stereocenters. The average Bonchev–Trinajstić information content (AvgIpc) is 2.33. The molecule has 1 heteroatoms. The van der Waals surface area contributed by atoms with Gasteiger partial charge in [-0.05, 0) is 24.3 Å². The van der Waals surface area contributed by atoms with Gasteiger partial charge in [0, 0.05) is 6.42 Å². The maximum Gasteiger partial charge on any atom is 0.156 e. The summed E-state index contributed by atoms with van der Waals surface area (Å²) in [6, 6.07) is 0. The van der Waals surface area contributed by atoms with Crippen LogP contribution in [0.25, 0.3) is 0 Å². The fourth-order valence-electron chi connectivity index (χ4n) is 1.47. The van der Waals surface area contributed by atoms with Gasteiger partial charge in [-0.25, -0.2) is 0 Å². The molecule has 0 bridgehead atoms. The summed E-state index contributed by atoms with van der Waals surface area (Å²) in [5, 5.41) is 0. The zero-order valence-corrected chi connectivity index (χ0v) is 6.68. The molecule has 0 aromatic heterocycles. The van der Waals surface area contributed by atoms with Gasteiger partial charge in [-0.3, -0.25) is 4.79 Å². The monoisotopic (exact) mass is 138 g/mol. The number of hydrogen-bond donors (Lipinski definition) is 0. The second kappa shape index (κ2) is 2.57.